The fraction of sp³-hybridized carbons (Fsp3) is 0.353. The number of hydrogen-bond acceptors (Lipinski definition) is 4. The second kappa shape index (κ2) is 7.02. The van der Waals surface area contributed by atoms with Crippen LogP contribution in [0.3, 0.4) is 0 Å². The lowest BCUT2D eigenvalue weighted by Crippen LogP contribution is -2.28. The summed E-state index contributed by atoms with van der Waals surface area (Å²) in [6.07, 6.45) is 0. The molecule has 116 valence electrons. The minimum atomic E-state index is -0.423. The smallest absolute Gasteiger partial charge is 0.326 e. The summed E-state index contributed by atoms with van der Waals surface area (Å²) in [7, 11) is 0. The van der Waals surface area contributed by atoms with E-state index in [1.54, 1.807) is 6.92 Å². The molecule has 2 rings (SSSR count). The fourth-order valence-corrected chi connectivity index (χ4v) is 2.00. The van der Waals surface area contributed by atoms with Crippen LogP contribution in [0.1, 0.15) is 19.7 Å². The van der Waals surface area contributed by atoms with Gasteiger partial charge in [-0.1, -0.05) is 44.2 Å². The standard InChI is InChI=1S/C17H20N2O3/c1-12(2)11-22-17(21)10-19-13(3)18-15(9-16(19)20)14-7-5-4-6-8-14/h4-9,12H,10-11H2,1-3H3. The first kappa shape index (κ1) is 15.9. The molecule has 0 aliphatic carbocycles. The Bertz CT molecular complexity index is 706. The molecule has 1 aromatic heterocycles. The van der Waals surface area contributed by atoms with Gasteiger partial charge < -0.3 is 4.74 Å². The van der Waals surface area contributed by atoms with Gasteiger partial charge in [-0.05, 0) is 12.8 Å². The van der Waals surface area contributed by atoms with E-state index in [0.717, 1.165) is 5.56 Å². The highest BCUT2D eigenvalue weighted by molar-refractivity contribution is 5.69. The molecule has 2 aromatic rings. The van der Waals surface area contributed by atoms with E-state index in [-0.39, 0.29) is 18.0 Å². The van der Waals surface area contributed by atoms with Crippen LogP contribution in [0, 0.1) is 12.8 Å². The van der Waals surface area contributed by atoms with Gasteiger partial charge in [-0.3, -0.25) is 14.2 Å². The second-order valence-corrected chi connectivity index (χ2v) is 5.56. The third kappa shape index (κ3) is 4.04. The number of carbonyl (C=O) groups excluding carboxylic acids is 1. The molecule has 0 atom stereocenters. The van der Waals surface area contributed by atoms with Crippen molar-refractivity contribution in [1.29, 1.82) is 0 Å². The van der Waals surface area contributed by atoms with Crippen molar-refractivity contribution in [2.24, 2.45) is 5.92 Å². The van der Waals surface area contributed by atoms with E-state index in [4.69, 9.17) is 4.74 Å². The number of carbonyl (C=O) groups is 1. The summed E-state index contributed by atoms with van der Waals surface area (Å²) in [5.41, 5.74) is 1.22. The highest BCUT2D eigenvalue weighted by Gasteiger charge is 2.11. The predicted octanol–water partition coefficient (Wildman–Crippen LogP) is 2.42. The molecule has 0 radical (unpaired) electrons. The molecule has 0 aliphatic rings. The van der Waals surface area contributed by atoms with E-state index < -0.39 is 5.97 Å². The fourth-order valence-electron chi connectivity index (χ4n) is 2.00. The van der Waals surface area contributed by atoms with Crippen LogP contribution in [0.25, 0.3) is 11.3 Å². The highest BCUT2D eigenvalue weighted by Crippen LogP contribution is 2.14. The molecular formula is C17H20N2O3. The van der Waals surface area contributed by atoms with Crippen LogP contribution in [-0.4, -0.2) is 22.1 Å². The Labute approximate surface area is 129 Å². The van der Waals surface area contributed by atoms with Gasteiger partial charge in [-0.2, -0.15) is 0 Å². The van der Waals surface area contributed by atoms with Crippen LogP contribution in [-0.2, 0) is 16.1 Å². The van der Waals surface area contributed by atoms with Gasteiger partial charge in [0.1, 0.15) is 12.4 Å². The predicted molar refractivity (Wildman–Crippen MR) is 84.5 cm³/mol. The molecule has 1 aromatic carbocycles. The first-order valence-electron chi connectivity index (χ1n) is 7.27. The number of hydrogen-bond donors (Lipinski definition) is 0. The van der Waals surface area contributed by atoms with E-state index in [2.05, 4.69) is 4.98 Å². The van der Waals surface area contributed by atoms with Crippen molar-refractivity contribution in [2.45, 2.75) is 27.3 Å². The normalized spacial score (nSPS) is 10.7. The van der Waals surface area contributed by atoms with Crippen molar-refractivity contribution in [2.75, 3.05) is 6.61 Å². The Morgan fingerprint density at radius 3 is 2.55 bits per heavy atom. The first-order chi connectivity index (χ1) is 10.5. The lowest BCUT2D eigenvalue weighted by atomic mass is 10.1. The molecule has 0 N–H and O–H groups in total. The summed E-state index contributed by atoms with van der Waals surface area (Å²) in [6, 6.07) is 10.9. The summed E-state index contributed by atoms with van der Waals surface area (Å²) < 4.78 is 6.43. The Morgan fingerprint density at radius 2 is 1.95 bits per heavy atom. The van der Waals surface area contributed by atoms with Crippen LogP contribution in [0.2, 0.25) is 0 Å². The average Bonchev–Trinajstić information content (AvgIpc) is 2.49. The summed E-state index contributed by atoms with van der Waals surface area (Å²) in [5.74, 6) is 0.335. The number of rotatable bonds is 5. The van der Waals surface area contributed by atoms with Gasteiger partial charge in [0.25, 0.3) is 5.56 Å². The summed E-state index contributed by atoms with van der Waals surface area (Å²) >= 11 is 0. The SMILES string of the molecule is Cc1nc(-c2ccccc2)cc(=O)n1CC(=O)OCC(C)C. The van der Waals surface area contributed by atoms with Gasteiger partial charge in [0.2, 0.25) is 0 Å². The average molecular weight is 300 g/mol. The van der Waals surface area contributed by atoms with Crippen LogP contribution in [0.4, 0.5) is 0 Å². The minimum absolute atomic E-state index is 0.112. The van der Waals surface area contributed by atoms with E-state index >= 15 is 0 Å². The molecule has 0 aliphatic heterocycles. The number of nitrogens with zero attached hydrogens (tertiary/aromatic N) is 2. The zero-order valence-corrected chi connectivity index (χ0v) is 13.1. The van der Waals surface area contributed by atoms with Gasteiger partial charge in [-0.25, -0.2) is 4.98 Å². The van der Waals surface area contributed by atoms with E-state index in [1.807, 2.05) is 44.2 Å². The topological polar surface area (TPSA) is 61.2 Å². The Balaban J connectivity index is 2.21. The highest BCUT2D eigenvalue weighted by atomic mass is 16.5. The molecule has 5 heteroatoms. The van der Waals surface area contributed by atoms with E-state index in [1.165, 1.54) is 10.6 Å². The molecular weight excluding hydrogens is 280 g/mol. The Kier molecular flexibility index (Phi) is 5.09. The van der Waals surface area contributed by atoms with Gasteiger partial charge in [0.05, 0.1) is 12.3 Å². The van der Waals surface area contributed by atoms with Crippen molar-refractivity contribution < 1.29 is 9.53 Å². The van der Waals surface area contributed by atoms with Crippen LogP contribution in [0.5, 0.6) is 0 Å². The molecule has 0 bridgehead atoms. The van der Waals surface area contributed by atoms with Crippen LogP contribution >= 0.6 is 0 Å². The molecule has 0 unspecified atom stereocenters. The molecule has 5 nitrogen and oxygen atoms in total. The summed E-state index contributed by atoms with van der Waals surface area (Å²) in [5, 5.41) is 0. The quantitative estimate of drug-likeness (QED) is 0.796. The zero-order chi connectivity index (χ0) is 16.1. The summed E-state index contributed by atoms with van der Waals surface area (Å²) in [4.78, 5) is 28.4. The van der Waals surface area contributed by atoms with Crippen LogP contribution < -0.4 is 5.56 Å². The number of ether oxygens (including phenoxy) is 1. The van der Waals surface area contributed by atoms with Crippen molar-refractivity contribution >= 4 is 5.97 Å². The third-order valence-electron chi connectivity index (χ3n) is 3.13. The van der Waals surface area contributed by atoms with Gasteiger partial charge in [0.15, 0.2) is 0 Å². The Hall–Kier alpha value is -2.43. The number of benzene rings is 1. The van der Waals surface area contributed by atoms with Crippen LogP contribution in [0.15, 0.2) is 41.2 Å². The third-order valence-corrected chi connectivity index (χ3v) is 3.13. The maximum Gasteiger partial charge on any atom is 0.326 e. The minimum Gasteiger partial charge on any atom is -0.464 e. The van der Waals surface area contributed by atoms with E-state index in [9.17, 15) is 9.59 Å². The monoisotopic (exact) mass is 300 g/mol. The second-order valence-electron chi connectivity index (χ2n) is 5.56. The lowest BCUT2D eigenvalue weighted by Gasteiger charge is -2.11. The summed E-state index contributed by atoms with van der Waals surface area (Å²) in [6.45, 7) is 5.87. The molecule has 22 heavy (non-hydrogen) atoms. The zero-order valence-electron chi connectivity index (χ0n) is 13.1. The molecule has 0 saturated carbocycles. The largest absolute Gasteiger partial charge is 0.464 e. The molecule has 0 fully saturated rings. The maximum atomic E-state index is 12.2. The number of esters is 1. The molecule has 0 spiro atoms. The molecule has 0 saturated heterocycles. The van der Waals surface area contributed by atoms with Gasteiger partial charge in [0, 0.05) is 11.6 Å². The van der Waals surface area contributed by atoms with Gasteiger partial charge >= 0.3 is 5.97 Å². The van der Waals surface area contributed by atoms with Crippen molar-refractivity contribution in [1.82, 2.24) is 9.55 Å². The van der Waals surface area contributed by atoms with Crippen molar-refractivity contribution in [3.63, 3.8) is 0 Å². The van der Waals surface area contributed by atoms with Crippen molar-refractivity contribution in [3.8, 4) is 11.3 Å². The van der Waals surface area contributed by atoms with E-state index in [0.29, 0.717) is 18.1 Å². The van der Waals surface area contributed by atoms with Crippen molar-refractivity contribution in [3.05, 3.63) is 52.6 Å². The van der Waals surface area contributed by atoms with Gasteiger partial charge in [-0.15, -0.1) is 0 Å². The number of aryl methyl sites for hydroxylation is 1. The molecule has 0 amide bonds. The lowest BCUT2D eigenvalue weighted by molar-refractivity contribution is -0.145. The maximum absolute atomic E-state index is 12.2. The number of aromatic nitrogens is 2. The Morgan fingerprint density at radius 1 is 1.27 bits per heavy atom. The first-order valence-corrected chi connectivity index (χ1v) is 7.27. The molecule has 1 heterocycles.